The molecular weight excluding hydrogens is 616 g/mol. The van der Waals surface area contributed by atoms with Crippen molar-refractivity contribution in [3.8, 4) is 11.1 Å². The van der Waals surface area contributed by atoms with Crippen LogP contribution in [0.1, 0.15) is 73.2 Å². The van der Waals surface area contributed by atoms with Crippen LogP contribution in [0.15, 0.2) is 90.3 Å². The van der Waals surface area contributed by atoms with Gasteiger partial charge in [0.2, 0.25) is 11.8 Å². The Hall–Kier alpha value is -4.00. The van der Waals surface area contributed by atoms with E-state index in [1.165, 1.54) is 0 Å². The van der Waals surface area contributed by atoms with Gasteiger partial charge in [-0.25, -0.2) is 10.5 Å². The number of hydrogen-bond acceptors (Lipinski definition) is 8. The first-order valence-electron chi connectivity index (χ1n) is 15.9. The largest absolute Gasteiger partial charge is 0.392 e. The topological polar surface area (TPSA) is 135 Å². The summed E-state index contributed by atoms with van der Waals surface area (Å²) < 4.78 is 15.0. The third-order valence-electron chi connectivity index (χ3n) is 8.21. The molecule has 1 aliphatic rings. The lowest BCUT2D eigenvalue weighted by Crippen LogP contribution is -2.31. The molecule has 0 spiro atoms. The molecule has 1 fully saturated rings. The van der Waals surface area contributed by atoms with Gasteiger partial charge in [-0.2, -0.15) is 0 Å². The highest BCUT2D eigenvalue weighted by Crippen LogP contribution is 2.40. The Morgan fingerprint density at radius 2 is 1.66 bits per heavy atom. The number of rotatable bonds is 15. The Balaban J connectivity index is 1.23. The number of amides is 2. The number of unbranched alkanes of at least 4 members (excludes halogenated alkanes) is 2. The number of hydrogen-bond donors (Lipinski definition) is 4. The van der Waals surface area contributed by atoms with Gasteiger partial charge in [0, 0.05) is 56.6 Å². The summed E-state index contributed by atoms with van der Waals surface area (Å²) in [5.41, 5.74) is 7.51. The summed E-state index contributed by atoms with van der Waals surface area (Å²) in [5, 5.41) is 22.0. The zero-order chi connectivity index (χ0) is 33.0. The molecule has 1 aromatic heterocycles. The van der Waals surface area contributed by atoms with E-state index in [4.69, 9.17) is 14.7 Å². The van der Waals surface area contributed by atoms with E-state index >= 15 is 0 Å². The fourth-order valence-corrected chi connectivity index (χ4v) is 6.49. The number of aliphatic hydroxyl groups is 1. The minimum Gasteiger partial charge on any atom is -0.392 e. The molecule has 4 N–H and O–H groups in total. The zero-order valence-corrected chi connectivity index (χ0v) is 27.3. The summed E-state index contributed by atoms with van der Waals surface area (Å²) in [6.45, 7) is 0.405. The molecule has 3 aromatic carbocycles. The number of aryl methyl sites for hydroxylation is 1. The molecule has 2 heterocycles. The van der Waals surface area contributed by atoms with Crippen molar-refractivity contribution in [2.75, 3.05) is 5.75 Å². The van der Waals surface area contributed by atoms with Crippen molar-refractivity contribution in [2.45, 2.75) is 75.3 Å². The number of thioether (sulfide) groups is 1. The van der Waals surface area contributed by atoms with Gasteiger partial charge in [-0.1, -0.05) is 91.0 Å². The van der Waals surface area contributed by atoms with Crippen LogP contribution in [0.2, 0.25) is 0 Å². The number of nitrogens with zero attached hydrogens (tertiary/aromatic N) is 2. The Kier molecular flexibility index (Phi) is 12.6. The number of ether oxygens (including phenoxy) is 2. The predicted molar refractivity (Wildman–Crippen MR) is 179 cm³/mol. The highest BCUT2D eigenvalue weighted by molar-refractivity contribution is 7.99. The second-order valence-corrected chi connectivity index (χ2v) is 12.6. The van der Waals surface area contributed by atoms with Gasteiger partial charge < -0.3 is 24.5 Å². The van der Waals surface area contributed by atoms with E-state index in [0.29, 0.717) is 32.2 Å². The lowest BCUT2D eigenvalue weighted by Gasteiger charge is -2.36. The van der Waals surface area contributed by atoms with E-state index in [9.17, 15) is 14.7 Å². The number of nitrogens with one attached hydrogen (secondary N) is 2. The summed E-state index contributed by atoms with van der Waals surface area (Å²) in [7, 11) is 1.98. The molecule has 0 saturated carbocycles. The zero-order valence-electron chi connectivity index (χ0n) is 26.5. The van der Waals surface area contributed by atoms with E-state index in [-0.39, 0.29) is 31.1 Å². The van der Waals surface area contributed by atoms with Crippen LogP contribution >= 0.6 is 11.8 Å². The van der Waals surface area contributed by atoms with Crippen molar-refractivity contribution in [2.24, 2.45) is 7.05 Å². The van der Waals surface area contributed by atoms with Crippen molar-refractivity contribution in [1.29, 1.82) is 0 Å². The average molecular weight is 659 g/mol. The smallest absolute Gasteiger partial charge is 0.243 e. The molecule has 3 atom stereocenters. The summed E-state index contributed by atoms with van der Waals surface area (Å²) >= 11 is 1.66. The molecule has 47 heavy (non-hydrogen) atoms. The number of hydroxylamine groups is 1. The molecule has 1 saturated heterocycles. The van der Waals surface area contributed by atoms with Crippen LogP contribution in [0.3, 0.4) is 0 Å². The highest BCUT2D eigenvalue weighted by atomic mass is 32.2. The number of aliphatic hydroxyl groups excluding tert-OH is 1. The van der Waals surface area contributed by atoms with Gasteiger partial charge in [0.25, 0.3) is 0 Å². The number of imidazole rings is 1. The average Bonchev–Trinajstić information content (AvgIpc) is 3.53. The molecule has 0 bridgehead atoms. The van der Waals surface area contributed by atoms with Gasteiger partial charge in [0.05, 0.1) is 18.8 Å². The molecule has 1 aliphatic heterocycles. The molecule has 10 nitrogen and oxygen atoms in total. The number of carbonyl (C=O) groups excluding carboxylic acids is 2. The van der Waals surface area contributed by atoms with Gasteiger partial charge in [0.1, 0.15) is 0 Å². The SMILES string of the molecule is Cn1ccnc1SC[C@@H]1C[C@H](c2ccc(CO)cc2)O[C@H](c2ccc(-c3ccccc3CNC(=O)CCCCCC(=O)NO)cc2)O1. The fourth-order valence-electron chi connectivity index (χ4n) is 5.54. The van der Waals surface area contributed by atoms with Gasteiger partial charge in [-0.3, -0.25) is 14.8 Å². The summed E-state index contributed by atoms with van der Waals surface area (Å²) in [6.07, 6.45) is 6.30. The maximum Gasteiger partial charge on any atom is 0.243 e. The third kappa shape index (κ3) is 9.75. The quantitative estimate of drug-likeness (QED) is 0.0530. The molecule has 0 unspecified atom stereocenters. The van der Waals surface area contributed by atoms with Crippen molar-refractivity contribution >= 4 is 23.6 Å². The van der Waals surface area contributed by atoms with Gasteiger partial charge in [-0.15, -0.1) is 0 Å². The Morgan fingerprint density at radius 1 is 0.936 bits per heavy atom. The maximum atomic E-state index is 12.5. The van der Waals surface area contributed by atoms with Crippen molar-refractivity contribution in [3.63, 3.8) is 0 Å². The number of aromatic nitrogens is 2. The van der Waals surface area contributed by atoms with Gasteiger partial charge in [-0.05, 0) is 40.7 Å². The summed E-state index contributed by atoms with van der Waals surface area (Å²) in [4.78, 5) is 28.0. The third-order valence-corrected chi connectivity index (χ3v) is 9.40. The van der Waals surface area contributed by atoms with E-state index in [2.05, 4.69) is 22.4 Å². The van der Waals surface area contributed by atoms with E-state index in [1.54, 1.807) is 23.4 Å². The van der Waals surface area contributed by atoms with Crippen LogP contribution in [-0.2, 0) is 39.3 Å². The first kappa shape index (κ1) is 34.3. The summed E-state index contributed by atoms with van der Waals surface area (Å²) in [5.74, 6) is 0.283. The van der Waals surface area contributed by atoms with Crippen LogP contribution in [0, 0.1) is 0 Å². The van der Waals surface area contributed by atoms with E-state index in [1.807, 2.05) is 78.5 Å². The second-order valence-electron chi connectivity index (χ2n) is 11.6. The van der Waals surface area contributed by atoms with Gasteiger partial charge in [0.15, 0.2) is 11.4 Å². The molecule has 5 rings (SSSR count). The number of benzene rings is 3. The van der Waals surface area contributed by atoms with Crippen LogP contribution < -0.4 is 10.8 Å². The molecule has 0 radical (unpaired) electrons. The monoisotopic (exact) mass is 658 g/mol. The van der Waals surface area contributed by atoms with Crippen LogP contribution in [0.25, 0.3) is 11.1 Å². The number of carbonyl (C=O) groups is 2. The summed E-state index contributed by atoms with van der Waals surface area (Å²) in [6, 6.07) is 24.1. The van der Waals surface area contributed by atoms with E-state index < -0.39 is 12.2 Å². The highest BCUT2D eigenvalue weighted by Gasteiger charge is 2.32. The second kappa shape index (κ2) is 17.2. The van der Waals surface area contributed by atoms with Crippen molar-refractivity contribution in [3.05, 3.63) is 107 Å². The molecule has 2 amide bonds. The minimum atomic E-state index is -0.556. The first-order chi connectivity index (χ1) is 22.9. The lowest BCUT2D eigenvalue weighted by molar-refractivity contribution is -0.245. The first-order valence-corrected chi connectivity index (χ1v) is 16.9. The van der Waals surface area contributed by atoms with E-state index in [0.717, 1.165) is 50.7 Å². The Labute approximate surface area is 279 Å². The van der Waals surface area contributed by atoms with Crippen molar-refractivity contribution in [1.82, 2.24) is 20.3 Å². The van der Waals surface area contributed by atoms with Crippen LogP contribution in [0.5, 0.6) is 0 Å². The Morgan fingerprint density at radius 3 is 2.36 bits per heavy atom. The van der Waals surface area contributed by atoms with Crippen molar-refractivity contribution < 1.29 is 29.4 Å². The minimum absolute atomic E-state index is 0.00261. The molecule has 248 valence electrons. The van der Waals surface area contributed by atoms with Crippen LogP contribution in [-0.4, -0.2) is 43.5 Å². The predicted octanol–water partition coefficient (Wildman–Crippen LogP) is 5.99. The normalized spacial score (nSPS) is 17.7. The molecular formula is C36H42N4O6S. The molecule has 0 aliphatic carbocycles. The van der Waals surface area contributed by atoms with Gasteiger partial charge >= 0.3 is 0 Å². The molecule has 11 heteroatoms. The van der Waals surface area contributed by atoms with Crippen LogP contribution in [0.4, 0.5) is 0 Å². The lowest BCUT2D eigenvalue weighted by atomic mass is 9.97. The molecule has 4 aromatic rings. The fraction of sp³-hybridized carbons (Fsp3) is 0.361. The maximum absolute atomic E-state index is 12.5. The standard InChI is InChI=1S/C36H42N4O6S/c1-40-20-19-37-36(40)47-24-30-21-32(27-13-11-25(23-41)12-14-27)46-35(45-30)28-17-15-26(16-18-28)31-8-6-5-7-29(31)22-38-33(42)9-3-2-4-10-34(43)39-44/h5-8,11-20,30,32,35,41,44H,2-4,9-10,21-24H2,1H3,(H,38,42)(H,39,43)/t30-,32+,35+/m0/s1. The Bertz CT molecular complexity index is 1590.